The van der Waals surface area contributed by atoms with Gasteiger partial charge in [-0.2, -0.15) is 0 Å². The van der Waals surface area contributed by atoms with Gasteiger partial charge in [-0.25, -0.2) is 9.59 Å². The van der Waals surface area contributed by atoms with Gasteiger partial charge in [0.2, 0.25) is 0 Å². The number of ether oxygens (including phenoxy) is 1. The summed E-state index contributed by atoms with van der Waals surface area (Å²) >= 11 is 0. The minimum Gasteiger partial charge on any atom is -0.458 e. The highest BCUT2D eigenvalue weighted by molar-refractivity contribution is 5.84. The van der Waals surface area contributed by atoms with Crippen molar-refractivity contribution in [2.45, 2.75) is 40.2 Å². The summed E-state index contributed by atoms with van der Waals surface area (Å²) in [5, 5.41) is 0.808. The van der Waals surface area contributed by atoms with Gasteiger partial charge in [0.25, 0.3) is 0 Å². The lowest BCUT2D eigenvalue weighted by Crippen LogP contribution is -2.06. The fraction of sp³-hybridized carbons (Fsp3) is 0.333. The van der Waals surface area contributed by atoms with Crippen LogP contribution in [0.1, 0.15) is 43.4 Å². The number of fused-ring (bicyclic) bond motifs is 1. The van der Waals surface area contributed by atoms with E-state index in [2.05, 4.69) is 13.8 Å². The van der Waals surface area contributed by atoms with Crippen molar-refractivity contribution in [3.63, 3.8) is 0 Å². The Bertz CT molecular complexity index is 782. The van der Waals surface area contributed by atoms with Crippen molar-refractivity contribution >= 4 is 16.9 Å². The lowest BCUT2D eigenvalue weighted by Gasteiger charge is -2.13. The number of hydrogen-bond acceptors (Lipinski definition) is 4. The molecule has 0 bridgehead atoms. The van der Waals surface area contributed by atoms with Crippen molar-refractivity contribution in [2.75, 3.05) is 0 Å². The van der Waals surface area contributed by atoms with Crippen LogP contribution in [0.15, 0.2) is 39.6 Å². The van der Waals surface area contributed by atoms with Gasteiger partial charge in [0.05, 0.1) is 0 Å². The highest BCUT2D eigenvalue weighted by Crippen LogP contribution is 2.27. The van der Waals surface area contributed by atoms with Crippen LogP contribution in [0.4, 0.5) is 0 Å². The van der Waals surface area contributed by atoms with Crippen molar-refractivity contribution in [3.05, 3.63) is 57.5 Å². The van der Waals surface area contributed by atoms with Gasteiger partial charge in [0.15, 0.2) is 0 Å². The van der Waals surface area contributed by atoms with E-state index in [1.165, 1.54) is 17.7 Å². The van der Waals surface area contributed by atoms with Crippen LogP contribution in [-0.4, -0.2) is 5.97 Å². The van der Waals surface area contributed by atoms with Gasteiger partial charge >= 0.3 is 11.6 Å². The van der Waals surface area contributed by atoms with Crippen molar-refractivity contribution in [3.8, 4) is 0 Å². The van der Waals surface area contributed by atoms with Gasteiger partial charge < -0.3 is 9.15 Å². The minimum absolute atomic E-state index is 0.0475. The normalized spacial score (nSPS) is 11.5. The van der Waals surface area contributed by atoms with E-state index in [4.69, 9.17) is 9.15 Å². The molecule has 0 aliphatic carbocycles. The molecule has 0 spiro atoms. The van der Waals surface area contributed by atoms with Gasteiger partial charge in [-0.3, -0.25) is 0 Å². The molecule has 2 rings (SSSR count). The van der Waals surface area contributed by atoms with Gasteiger partial charge in [-0.1, -0.05) is 19.9 Å². The minimum atomic E-state index is -0.443. The van der Waals surface area contributed by atoms with Crippen LogP contribution in [0.2, 0.25) is 0 Å². The molecule has 2 aromatic rings. The Morgan fingerprint density at radius 1 is 1.32 bits per heavy atom. The maximum atomic E-state index is 11.7. The maximum absolute atomic E-state index is 11.7. The molecule has 0 unspecified atom stereocenters. The number of rotatable bonds is 4. The third-order valence-corrected chi connectivity index (χ3v) is 3.51. The van der Waals surface area contributed by atoms with E-state index in [1.807, 2.05) is 19.1 Å². The molecule has 4 nitrogen and oxygen atoms in total. The first kappa shape index (κ1) is 16.0. The lowest BCUT2D eigenvalue weighted by molar-refractivity contribution is -0.138. The summed E-state index contributed by atoms with van der Waals surface area (Å²) in [5.41, 5.74) is 3.00. The van der Waals surface area contributed by atoms with E-state index in [0.717, 1.165) is 10.9 Å². The van der Waals surface area contributed by atoms with Crippen LogP contribution < -0.4 is 5.63 Å². The molecule has 0 saturated heterocycles. The second-order valence-electron chi connectivity index (χ2n) is 5.56. The predicted octanol–water partition coefficient (Wildman–Crippen LogP) is 3.84. The topological polar surface area (TPSA) is 56.5 Å². The number of carbonyl (C=O) groups is 1. The molecule has 0 saturated carbocycles. The summed E-state index contributed by atoms with van der Waals surface area (Å²) in [6.45, 7) is 8.00. The molecular weight excluding hydrogens is 280 g/mol. The molecule has 0 N–H and O–H groups in total. The Morgan fingerprint density at radius 2 is 2.05 bits per heavy atom. The summed E-state index contributed by atoms with van der Waals surface area (Å²) in [7, 11) is 0. The first-order chi connectivity index (χ1) is 10.4. The molecular formula is C18H20O4. The Hall–Kier alpha value is -2.36. The highest BCUT2D eigenvalue weighted by atomic mass is 16.5. The molecule has 116 valence electrons. The molecule has 0 radical (unpaired) electrons. The van der Waals surface area contributed by atoms with Gasteiger partial charge in [-0.05, 0) is 43.0 Å². The van der Waals surface area contributed by atoms with Crippen molar-refractivity contribution < 1.29 is 13.9 Å². The lowest BCUT2D eigenvalue weighted by atomic mass is 9.95. The third kappa shape index (κ3) is 3.45. The Balaban J connectivity index is 2.50. The van der Waals surface area contributed by atoms with E-state index < -0.39 is 11.6 Å². The number of allylic oxidation sites excluding steroid dienone is 1. The number of aryl methyl sites for hydroxylation is 1. The molecule has 4 heteroatoms. The largest absolute Gasteiger partial charge is 0.458 e. The Kier molecular flexibility index (Phi) is 4.81. The SMILES string of the molecule is C/C=C/C(=O)OCc1cc(=O)oc2cc(C)c(C(C)C)cc12. The molecule has 0 aliphatic rings. The molecule has 1 aromatic heterocycles. The van der Waals surface area contributed by atoms with Crippen LogP contribution in [-0.2, 0) is 16.1 Å². The fourth-order valence-electron chi connectivity index (χ4n) is 2.47. The number of hydrogen-bond donors (Lipinski definition) is 0. The maximum Gasteiger partial charge on any atom is 0.336 e. The first-order valence-corrected chi connectivity index (χ1v) is 7.29. The average molecular weight is 300 g/mol. The van der Waals surface area contributed by atoms with E-state index in [9.17, 15) is 9.59 Å². The molecule has 22 heavy (non-hydrogen) atoms. The van der Waals surface area contributed by atoms with E-state index in [-0.39, 0.29) is 6.61 Å². The second kappa shape index (κ2) is 6.60. The van der Waals surface area contributed by atoms with Crippen molar-refractivity contribution in [1.29, 1.82) is 0 Å². The van der Waals surface area contributed by atoms with Gasteiger partial charge in [0, 0.05) is 23.1 Å². The number of esters is 1. The monoisotopic (exact) mass is 300 g/mol. The summed E-state index contributed by atoms with van der Waals surface area (Å²) in [5.74, 6) is -0.0742. The molecule has 0 atom stereocenters. The van der Waals surface area contributed by atoms with Crippen molar-refractivity contribution in [1.82, 2.24) is 0 Å². The fourth-order valence-corrected chi connectivity index (χ4v) is 2.47. The summed E-state index contributed by atoms with van der Waals surface area (Å²) in [6.07, 6.45) is 2.96. The summed E-state index contributed by atoms with van der Waals surface area (Å²) in [6, 6.07) is 5.26. The van der Waals surface area contributed by atoms with Crippen LogP contribution in [0.5, 0.6) is 0 Å². The van der Waals surface area contributed by atoms with E-state index >= 15 is 0 Å². The zero-order valence-corrected chi connectivity index (χ0v) is 13.3. The van der Waals surface area contributed by atoms with Crippen molar-refractivity contribution in [2.24, 2.45) is 0 Å². The number of benzene rings is 1. The quantitative estimate of drug-likeness (QED) is 0.489. The zero-order chi connectivity index (χ0) is 16.3. The van der Waals surface area contributed by atoms with Gasteiger partial charge in [-0.15, -0.1) is 0 Å². The van der Waals surface area contributed by atoms with E-state index in [1.54, 1.807) is 13.0 Å². The third-order valence-electron chi connectivity index (χ3n) is 3.51. The highest BCUT2D eigenvalue weighted by Gasteiger charge is 2.12. The summed E-state index contributed by atoms with van der Waals surface area (Å²) < 4.78 is 10.4. The average Bonchev–Trinajstić information content (AvgIpc) is 2.43. The molecule has 0 fully saturated rings. The molecule has 0 aliphatic heterocycles. The smallest absolute Gasteiger partial charge is 0.336 e. The first-order valence-electron chi connectivity index (χ1n) is 7.29. The molecule has 1 heterocycles. The Morgan fingerprint density at radius 3 is 2.68 bits per heavy atom. The molecule has 0 amide bonds. The van der Waals surface area contributed by atoms with Crippen LogP contribution >= 0.6 is 0 Å². The summed E-state index contributed by atoms with van der Waals surface area (Å²) in [4.78, 5) is 23.1. The second-order valence-corrected chi connectivity index (χ2v) is 5.56. The molecule has 1 aromatic carbocycles. The van der Waals surface area contributed by atoms with E-state index in [0.29, 0.717) is 17.1 Å². The standard InChI is InChI=1S/C18H20O4/c1-5-6-17(19)21-10-13-8-18(20)22-16-7-12(4)14(11(2)3)9-15(13)16/h5-9,11H,10H2,1-4H3/b6-5+. The Labute approximate surface area is 129 Å². The van der Waals surface area contributed by atoms with Gasteiger partial charge in [0.1, 0.15) is 12.2 Å². The predicted molar refractivity (Wildman–Crippen MR) is 85.9 cm³/mol. The number of carbonyl (C=O) groups excluding carboxylic acids is 1. The zero-order valence-electron chi connectivity index (χ0n) is 13.3. The van der Waals surface area contributed by atoms with Crippen LogP contribution in [0, 0.1) is 6.92 Å². The van der Waals surface area contributed by atoms with Crippen LogP contribution in [0.25, 0.3) is 11.0 Å². The van der Waals surface area contributed by atoms with Crippen LogP contribution in [0.3, 0.4) is 0 Å².